The highest BCUT2D eigenvalue weighted by Gasteiger charge is 2.27. The first-order chi connectivity index (χ1) is 5.70. The largest absolute Gasteiger partial charge is 0.371 e. The Balaban J connectivity index is 2.44. The van der Waals surface area contributed by atoms with Gasteiger partial charge in [0.15, 0.2) is 9.84 Å². The lowest BCUT2D eigenvalue weighted by Crippen LogP contribution is -2.41. The smallest absolute Gasteiger partial charge is 0.179 e. The molecule has 0 saturated heterocycles. The van der Waals surface area contributed by atoms with E-state index in [0.29, 0.717) is 17.9 Å². The van der Waals surface area contributed by atoms with Gasteiger partial charge in [-0.15, -0.1) is 0 Å². The molecule has 12 heavy (non-hydrogen) atoms. The zero-order valence-corrected chi connectivity index (χ0v) is 7.58. The van der Waals surface area contributed by atoms with Crippen molar-refractivity contribution in [1.29, 1.82) is 0 Å². The maximum absolute atomic E-state index is 11.5. The third-order valence-electron chi connectivity index (χ3n) is 2.21. The SMILES string of the molecule is O=S1(=O)CCNC2=C1CCCN2. The van der Waals surface area contributed by atoms with E-state index in [0.717, 1.165) is 18.8 Å². The molecule has 0 aromatic heterocycles. The highest BCUT2D eigenvalue weighted by molar-refractivity contribution is 7.95. The van der Waals surface area contributed by atoms with Crippen LogP contribution in [0.4, 0.5) is 0 Å². The van der Waals surface area contributed by atoms with Crippen LogP contribution >= 0.6 is 0 Å². The van der Waals surface area contributed by atoms with E-state index in [-0.39, 0.29) is 5.75 Å². The highest BCUT2D eigenvalue weighted by Crippen LogP contribution is 2.22. The van der Waals surface area contributed by atoms with Crippen LogP contribution in [0, 0.1) is 0 Å². The second kappa shape index (κ2) is 2.65. The molecule has 2 rings (SSSR count). The summed E-state index contributed by atoms with van der Waals surface area (Å²) < 4.78 is 23.0. The predicted molar refractivity (Wildman–Crippen MR) is 46.1 cm³/mol. The number of hydrogen-bond donors (Lipinski definition) is 2. The zero-order valence-electron chi connectivity index (χ0n) is 6.76. The fourth-order valence-electron chi connectivity index (χ4n) is 1.59. The maximum atomic E-state index is 11.5. The predicted octanol–water partition coefficient (Wildman–Crippen LogP) is -0.443. The van der Waals surface area contributed by atoms with Gasteiger partial charge < -0.3 is 10.6 Å². The van der Waals surface area contributed by atoms with Gasteiger partial charge in [-0.1, -0.05) is 0 Å². The Kier molecular flexibility index (Phi) is 1.75. The molecule has 0 radical (unpaired) electrons. The molecule has 2 aliphatic rings. The van der Waals surface area contributed by atoms with Crippen LogP contribution in [-0.2, 0) is 9.84 Å². The maximum Gasteiger partial charge on any atom is 0.179 e. The monoisotopic (exact) mass is 188 g/mol. The van der Waals surface area contributed by atoms with Crippen molar-refractivity contribution >= 4 is 9.84 Å². The lowest BCUT2D eigenvalue weighted by Gasteiger charge is -2.26. The Morgan fingerprint density at radius 2 is 1.92 bits per heavy atom. The number of nitrogens with one attached hydrogen (secondary N) is 2. The Morgan fingerprint density at radius 3 is 2.67 bits per heavy atom. The lowest BCUT2D eigenvalue weighted by atomic mass is 10.2. The summed E-state index contributed by atoms with van der Waals surface area (Å²) in [5, 5.41) is 6.13. The Hall–Kier alpha value is -0.710. The first-order valence-electron chi connectivity index (χ1n) is 4.14. The normalized spacial score (nSPS) is 27.0. The molecular formula is C7H12N2O2S. The summed E-state index contributed by atoms with van der Waals surface area (Å²) >= 11 is 0. The van der Waals surface area contributed by atoms with E-state index in [1.165, 1.54) is 0 Å². The molecule has 2 heterocycles. The minimum atomic E-state index is -2.93. The van der Waals surface area contributed by atoms with Crippen molar-refractivity contribution in [3.63, 3.8) is 0 Å². The van der Waals surface area contributed by atoms with E-state index in [9.17, 15) is 8.42 Å². The molecule has 0 saturated carbocycles. The molecule has 0 spiro atoms. The molecule has 0 bridgehead atoms. The number of hydrogen-bond acceptors (Lipinski definition) is 4. The summed E-state index contributed by atoms with van der Waals surface area (Å²) in [6, 6.07) is 0. The van der Waals surface area contributed by atoms with Crippen LogP contribution in [0.3, 0.4) is 0 Å². The molecule has 0 amide bonds. The second-order valence-corrected chi connectivity index (χ2v) is 5.20. The fourth-order valence-corrected chi connectivity index (χ4v) is 3.12. The third-order valence-corrected chi connectivity index (χ3v) is 4.11. The molecule has 0 atom stereocenters. The number of allylic oxidation sites excluding steroid dienone is 1. The van der Waals surface area contributed by atoms with Crippen LogP contribution in [0.15, 0.2) is 10.7 Å². The fraction of sp³-hybridized carbons (Fsp3) is 0.714. The number of rotatable bonds is 0. The molecule has 0 unspecified atom stereocenters. The quantitative estimate of drug-likeness (QED) is 0.541. The van der Waals surface area contributed by atoms with Gasteiger partial charge in [0.2, 0.25) is 0 Å². The third kappa shape index (κ3) is 1.18. The molecule has 0 aromatic rings. The molecule has 68 valence electrons. The minimum absolute atomic E-state index is 0.244. The van der Waals surface area contributed by atoms with Crippen molar-refractivity contribution in [1.82, 2.24) is 10.6 Å². The molecule has 4 nitrogen and oxygen atoms in total. The van der Waals surface area contributed by atoms with Crippen molar-refractivity contribution < 1.29 is 8.42 Å². The van der Waals surface area contributed by atoms with Gasteiger partial charge in [0, 0.05) is 13.1 Å². The van der Waals surface area contributed by atoms with E-state index in [1.807, 2.05) is 0 Å². The molecule has 0 fully saturated rings. The topological polar surface area (TPSA) is 58.2 Å². The van der Waals surface area contributed by atoms with Crippen molar-refractivity contribution in [2.45, 2.75) is 12.8 Å². The van der Waals surface area contributed by atoms with Gasteiger partial charge in [-0.2, -0.15) is 0 Å². The van der Waals surface area contributed by atoms with Crippen LogP contribution in [0.2, 0.25) is 0 Å². The van der Waals surface area contributed by atoms with E-state index in [2.05, 4.69) is 10.6 Å². The van der Waals surface area contributed by atoms with Crippen LogP contribution in [-0.4, -0.2) is 27.3 Å². The minimum Gasteiger partial charge on any atom is -0.371 e. The van der Waals surface area contributed by atoms with Gasteiger partial charge in [-0.3, -0.25) is 0 Å². The molecule has 2 N–H and O–H groups in total. The standard InChI is InChI=1S/C7H12N2O2S/c10-12(11)5-4-9-7-6(12)2-1-3-8-7/h8-9H,1-5H2. The molecule has 0 aliphatic carbocycles. The van der Waals surface area contributed by atoms with E-state index >= 15 is 0 Å². The van der Waals surface area contributed by atoms with Crippen molar-refractivity contribution in [2.75, 3.05) is 18.8 Å². The van der Waals surface area contributed by atoms with Crippen LogP contribution < -0.4 is 10.6 Å². The molecule has 0 aromatic carbocycles. The lowest BCUT2D eigenvalue weighted by molar-refractivity contribution is 0.563. The molecule has 5 heteroatoms. The average molecular weight is 188 g/mol. The van der Waals surface area contributed by atoms with Crippen LogP contribution in [0.25, 0.3) is 0 Å². The Bertz CT molecular complexity index is 314. The van der Waals surface area contributed by atoms with Crippen molar-refractivity contribution in [2.24, 2.45) is 0 Å². The van der Waals surface area contributed by atoms with Crippen molar-refractivity contribution in [3.8, 4) is 0 Å². The van der Waals surface area contributed by atoms with Gasteiger partial charge in [0.25, 0.3) is 0 Å². The average Bonchev–Trinajstić information content (AvgIpc) is 2.04. The van der Waals surface area contributed by atoms with E-state index in [4.69, 9.17) is 0 Å². The Morgan fingerprint density at radius 1 is 1.17 bits per heavy atom. The van der Waals surface area contributed by atoms with Crippen molar-refractivity contribution in [3.05, 3.63) is 10.7 Å². The van der Waals surface area contributed by atoms with Crippen LogP contribution in [0.1, 0.15) is 12.8 Å². The van der Waals surface area contributed by atoms with Gasteiger partial charge in [0.05, 0.1) is 10.7 Å². The van der Waals surface area contributed by atoms with Crippen LogP contribution in [0.5, 0.6) is 0 Å². The number of sulfone groups is 1. The van der Waals surface area contributed by atoms with E-state index in [1.54, 1.807) is 0 Å². The highest BCUT2D eigenvalue weighted by atomic mass is 32.2. The first-order valence-corrected chi connectivity index (χ1v) is 5.79. The molecular weight excluding hydrogens is 176 g/mol. The first kappa shape index (κ1) is 7.91. The van der Waals surface area contributed by atoms with E-state index < -0.39 is 9.84 Å². The second-order valence-electron chi connectivity index (χ2n) is 3.07. The summed E-state index contributed by atoms with van der Waals surface area (Å²) in [6.07, 6.45) is 1.61. The molecule has 2 aliphatic heterocycles. The van der Waals surface area contributed by atoms with Gasteiger partial charge in [0.1, 0.15) is 5.82 Å². The van der Waals surface area contributed by atoms with Gasteiger partial charge in [-0.05, 0) is 12.8 Å². The van der Waals surface area contributed by atoms with Gasteiger partial charge >= 0.3 is 0 Å². The zero-order chi connectivity index (χ0) is 8.60. The summed E-state index contributed by atoms with van der Waals surface area (Å²) in [5.41, 5.74) is 0. The Labute approximate surface area is 72.0 Å². The van der Waals surface area contributed by atoms with Gasteiger partial charge in [-0.25, -0.2) is 8.42 Å². The summed E-state index contributed by atoms with van der Waals surface area (Å²) in [5.74, 6) is 0.987. The summed E-state index contributed by atoms with van der Waals surface area (Å²) in [6.45, 7) is 1.41. The summed E-state index contributed by atoms with van der Waals surface area (Å²) in [4.78, 5) is 0.583. The summed E-state index contributed by atoms with van der Waals surface area (Å²) in [7, 11) is -2.93.